The summed E-state index contributed by atoms with van der Waals surface area (Å²) in [6, 6.07) is 1.42. The Morgan fingerprint density at radius 2 is 2.24 bits per heavy atom. The molecule has 1 aromatic heterocycles. The average Bonchev–Trinajstić information content (AvgIpc) is 2.53. The van der Waals surface area contributed by atoms with Crippen LogP contribution in [0.1, 0.15) is 36.5 Å². The molecule has 0 aromatic carbocycles. The Labute approximate surface area is 124 Å². The monoisotopic (exact) mass is 295 g/mol. The maximum absolute atomic E-state index is 14.3. The number of piperidine rings is 1. The summed E-state index contributed by atoms with van der Waals surface area (Å²) >= 11 is 0. The number of amides is 1. The molecular formula is C15H22FN3O2. The molecule has 0 bridgehead atoms. The summed E-state index contributed by atoms with van der Waals surface area (Å²) in [4.78, 5) is 18.0. The summed E-state index contributed by atoms with van der Waals surface area (Å²) in [6.45, 7) is 3.86. The van der Waals surface area contributed by atoms with Gasteiger partial charge in [0.2, 0.25) is 0 Å². The lowest BCUT2D eigenvalue weighted by Crippen LogP contribution is -2.39. The normalized spacial score (nSPS) is 16.0. The van der Waals surface area contributed by atoms with Gasteiger partial charge in [-0.05, 0) is 31.2 Å². The van der Waals surface area contributed by atoms with Gasteiger partial charge in [0.1, 0.15) is 0 Å². The molecule has 1 aromatic rings. The zero-order valence-corrected chi connectivity index (χ0v) is 12.3. The maximum atomic E-state index is 14.3. The number of hydrogen-bond donors (Lipinski definition) is 2. The molecule has 2 heterocycles. The van der Waals surface area contributed by atoms with Gasteiger partial charge < -0.3 is 15.3 Å². The predicted octanol–water partition coefficient (Wildman–Crippen LogP) is 1.89. The molecule has 0 saturated carbocycles. The predicted molar refractivity (Wildman–Crippen MR) is 78.7 cm³/mol. The Balaban J connectivity index is 2.09. The number of rotatable bonds is 5. The number of carbonyl (C=O) groups excluding carboxylic acids is 1. The lowest BCUT2D eigenvalue weighted by Gasteiger charge is -2.31. The maximum Gasteiger partial charge on any atom is 0.257 e. The molecule has 116 valence electrons. The standard InChI is InChI=1S/C15H22FN3O2/c1-2-6-17-14-13(16)12(3-7-18-14)15(21)19-8-4-11(10-20)5-9-19/h3,7,11,20H,2,4-6,8-10H2,1H3,(H,17,18). The molecule has 0 radical (unpaired) electrons. The minimum atomic E-state index is -0.583. The van der Waals surface area contributed by atoms with Crippen molar-refractivity contribution in [3.8, 4) is 0 Å². The second-order valence-corrected chi connectivity index (χ2v) is 5.37. The Kier molecular flexibility index (Phi) is 5.50. The van der Waals surface area contributed by atoms with Crippen LogP contribution in [0.4, 0.5) is 10.2 Å². The lowest BCUT2D eigenvalue weighted by atomic mass is 9.97. The number of aliphatic hydroxyl groups is 1. The molecule has 0 atom stereocenters. The first-order valence-electron chi connectivity index (χ1n) is 7.45. The minimum Gasteiger partial charge on any atom is -0.396 e. The number of aromatic nitrogens is 1. The van der Waals surface area contributed by atoms with Gasteiger partial charge >= 0.3 is 0 Å². The van der Waals surface area contributed by atoms with Crippen molar-refractivity contribution in [3.05, 3.63) is 23.6 Å². The van der Waals surface area contributed by atoms with Gasteiger partial charge in [-0.3, -0.25) is 4.79 Å². The summed E-state index contributed by atoms with van der Waals surface area (Å²) in [5.41, 5.74) is 0.0612. The quantitative estimate of drug-likeness (QED) is 0.870. The van der Waals surface area contributed by atoms with Crippen LogP contribution < -0.4 is 5.32 Å². The summed E-state index contributed by atoms with van der Waals surface area (Å²) in [6.07, 6.45) is 3.83. The summed E-state index contributed by atoms with van der Waals surface area (Å²) in [5.74, 6) is -0.503. The van der Waals surface area contributed by atoms with Crippen LogP contribution in [0.3, 0.4) is 0 Å². The second kappa shape index (κ2) is 7.36. The van der Waals surface area contributed by atoms with Gasteiger partial charge in [0.15, 0.2) is 11.6 Å². The fraction of sp³-hybridized carbons (Fsp3) is 0.600. The molecular weight excluding hydrogens is 273 g/mol. The Bertz CT molecular complexity index is 488. The number of nitrogens with zero attached hydrogens (tertiary/aromatic N) is 2. The molecule has 2 N–H and O–H groups in total. The molecule has 1 saturated heterocycles. The van der Waals surface area contributed by atoms with Crippen LogP contribution in [0.5, 0.6) is 0 Å². The number of aliphatic hydroxyl groups excluding tert-OH is 1. The van der Waals surface area contributed by atoms with Crippen LogP contribution in [0.25, 0.3) is 0 Å². The number of pyridine rings is 1. The molecule has 2 rings (SSSR count). The molecule has 5 nitrogen and oxygen atoms in total. The van der Waals surface area contributed by atoms with Gasteiger partial charge in [-0.2, -0.15) is 0 Å². The summed E-state index contributed by atoms with van der Waals surface area (Å²) in [7, 11) is 0. The number of anilines is 1. The third kappa shape index (κ3) is 3.69. The van der Waals surface area contributed by atoms with Gasteiger partial charge in [-0.25, -0.2) is 9.37 Å². The summed E-state index contributed by atoms with van der Waals surface area (Å²) < 4.78 is 14.3. The Morgan fingerprint density at radius 3 is 2.86 bits per heavy atom. The highest BCUT2D eigenvalue weighted by Gasteiger charge is 2.26. The first kappa shape index (κ1) is 15.7. The van der Waals surface area contributed by atoms with Crippen LogP contribution in [0.15, 0.2) is 12.3 Å². The van der Waals surface area contributed by atoms with E-state index in [1.54, 1.807) is 4.90 Å². The largest absolute Gasteiger partial charge is 0.396 e. The van der Waals surface area contributed by atoms with E-state index in [0.29, 0.717) is 19.6 Å². The molecule has 0 aliphatic carbocycles. The molecule has 6 heteroatoms. The molecule has 1 amide bonds. The van der Waals surface area contributed by atoms with Gasteiger partial charge in [-0.15, -0.1) is 0 Å². The van der Waals surface area contributed by atoms with Crippen LogP contribution in [-0.2, 0) is 0 Å². The van der Waals surface area contributed by atoms with Crippen molar-refractivity contribution in [2.75, 3.05) is 31.6 Å². The van der Waals surface area contributed by atoms with E-state index in [2.05, 4.69) is 10.3 Å². The minimum absolute atomic E-state index is 0.0612. The van der Waals surface area contributed by atoms with Crippen molar-refractivity contribution in [1.82, 2.24) is 9.88 Å². The van der Waals surface area contributed by atoms with E-state index >= 15 is 0 Å². The SMILES string of the molecule is CCCNc1nccc(C(=O)N2CCC(CO)CC2)c1F. The fourth-order valence-corrected chi connectivity index (χ4v) is 2.46. The van der Waals surface area contributed by atoms with Gasteiger partial charge in [-0.1, -0.05) is 6.92 Å². The van der Waals surface area contributed by atoms with Crippen molar-refractivity contribution in [2.45, 2.75) is 26.2 Å². The van der Waals surface area contributed by atoms with Crippen LogP contribution in [0, 0.1) is 11.7 Å². The molecule has 1 aliphatic heterocycles. The van der Waals surface area contributed by atoms with Crippen molar-refractivity contribution in [3.63, 3.8) is 0 Å². The van der Waals surface area contributed by atoms with Crippen molar-refractivity contribution >= 4 is 11.7 Å². The van der Waals surface area contributed by atoms with Gasteiger partial charge in [0.05, 0.1) is 5.56 Å². The van der Waals surface area contributed by atoms with E-state index in [4.69, 9.17) is 5.11 Å². The molecule has 0 unspecified atom stereocenters. The lowest BCUT2D eigenvalue weighted by molar-refractivity contribution is 0.0646. The molecule has 1 fully saturated rings. The Morgan fingerprint density at radius 1 is 1.52 bits per heavy atom. The van der Waals surface area contributed by atoms with E-state index in [-0.39, 0.29) is 29.8 Å². The third-order valence-corrected chi connectivity index (χ3v) is 3.82. The number of carbonyl (C=O) groups is 1. The van der Waals surface area contributed by atoms with E-state index in [9.17, 15) is 9.18 Å². The highest BCUT2D eigenvalue weighted by atomic mass is 19.1. The van der Waals surface area contributed by atoms with Crippen molar-refractivity contribution in [2.24, 2.45) is 5.92 Å². The number of nitrogens with one attached hydrogen (secondary N) is 1. The van der Waals surface area contributed by atoms with E-state index in [1.807, 2.05) is 6.92 Å². The first-order chi connectivity index (χ1) is 10.2. The highest BCUT2D eigenvalue weighted by molar-refractivity contribution is 5.95. The summed E-state index contributed by atoms with van der Waals surface area (Å²) in [5, 5.41) is 12.0. The van der Waals surface area contributed by atoms with Gasteiger partial charge in [0.25, 0.3) is 5.91 Å². The second-order valence-electron chi connectivity index (χ2n) is 5.37. The number of likely N-dealkylation sites (tertiary alicyclic amines) is 1. The first-order valence-corrected chi connectivity index (χ1v) is 7.45. The van der Waals surface area contributed by atoms with Crippen LogP contribution >= 0.6 is 0 Å². The van der Waals surface area contributed by atoms with E-state index in [1.165, 1.54) is 12.3 Å². The van der Waals surface area contributed by atoms with Crippen molar-refractivity contribution < 1.29 is 14.3 Å². The smallest absolute Gasteiger partial charge is 0.257 e. The van der Waals surface area contributed by atoms with E-state index < -0.39 is 5.82 Å². The van der Waals surface area contributed by atoms with Crippen LogP contribution in [-0.4, -0.2) is 47.1 Å². The topological polar surface area (TPSA) is 65.5 Å². The molecule has 21 heavy (non-hydrogen) atoms. The molecule has 0 spiro atoms. The van der Waals surface area contributed by atoms with Crippen molar-refractivity contribution in [1.29, 1.82) is 0 Å². The number of hydrogen-bond acceptors (Lipinski definition) is 4. The number of halogens is 1. The third-order valence-electron chi connectivity index (χ3n) is 3.82. The molecule has 1 aliphatic rings. The zero-order chi connectivity index (χ0) is 15.2. The zero-order valence-electron chi connectivity index (χ0n) is 12.3. The average molecular weight is 295 g/mol. The Hall–Kier alpha value is -1.69. The van der Waals surface area contributed by atoms with E-state index in [0.717, 1.165) is 19.3 Å². The fourth-order valence-electron chi connectivity index (χ4n) is 2.46. The van der Waals surface area contributed by atoms with Crippen LogP contribution in [0.2, 0.25) is 0 Å². The highest BCUT2D eigenvalue weighted by Crippen LogP contribution is 2.21. The van der Waals surface area contributed by atoms with Gasteiger partial charge in [0, 0.05) is 32.4 Å².